The second-order valence-electron chi connectivity index (χ2n) is 0.316. The van der Waals surface area contributed by atoms with Crippen LogP contribution in [0.1, 0.15) is 6.92 Å². The van der Waals surface area contributed by atoms with Gasteiger partial charge >= 0.3 is 37.7 Å². The SMILES string of the molecule is CCO.Cl.[Ca+2]. The smallest absolute Gasteiger partial charge is 0.397 e. The Morgan fingerprint density at radius 2 is 1.60 bits per heavy atom. The molecular formula is C2H7CaClO+2. The van der Waals surface area contributed by atoms with E-state index in [-0.39, 0.29) is 56.8 Å². The van der Waals surface area contributed by atoms with Crippen molar-refractivity contribution >= 4 is 50.1 Å². The van der Waals surface area contributed by atoms with Gasteiger partial charge in [-0.3, -0.25) is 0 Å². The second-order valence-corrected chi connectivity index (χ2v) is 0.316. The molecule has 0 aliphatic rings. The minimum absolute atomic E-state index is 0. The van der Waals surface area contributed by atoms with Crippen molar-refractivity contribution in [3.63, 3.8) is 0 Å². The fraction of sp³-hybridized carbons (Fsp3) is 1.00. The van der Waals surface area contributed by atoms with Crippen molar-refractivity contribution < 1.29 is 5.11 Å². The topological polar surface area (TPSA) is 20.2 Å². The van der Waals surface area contributed by atoms with Gasteiger partial charge in [0.2, 0.25) is 0 Å². The number of rotatable bonds is 0. The Balaban J connectivity index is -0.0000000200. The van der Waals surface area contributed by atoms with E-state index in [9.17, 15) is 0 Å². The Hall–Kier alpha value is 1.51. The Labute approximate surface area is 68.2 Å². The maximum Gasteiger partial charge on any atom is 2.00 e. The molecule has 0 aromatic rings. The number of aliphatic hydroxyl groups excluding tert-OH is 1. The maximum atomic E-state index is 7.57. The van der Waals surface area contributed by atoms with Crippen LogP contribution < -0.4 is 0 Å². The Morgan fingerprint density at radius 3 is 1.60 bits per heavy atom. The predicted molar refractivity (Wildman–Crippen MR) is 25.8 cm³/mol. The van der Waals surface area contributed by atoms with E-state index < -0.39 is 0 Å². The zero-order chi connectivity index (χ0) is 2.71. The van der Waals surface area contributed by atoms with Crippen molar-refractivity contribution in [3.05, 3.63) is 0 Å². The van der Waals surface area contributed by atoms with Gasteiger partial charge in [-0.15, -0.1) is 12.4 Å². The van der Waals surface area contributed by atoms with Crippen molar-refractivity contribution in [1.29, 1.82) is 0 Å². The van der Waals surface area contributed by atoms with Crippen LogP contribution in [0.15, 0.2) is 0 Å². The molecule has 0 rings (SSSR count). The zero-order valence-electron chi connectivity index (χ0n) is 3.27. The average molecular weight is 123 g/mol. The third-order valence-electron chi connectivity index (χ3n) is 0. The average Bonchev–Trinajstić information content (AvgIpc) is 0.918. The minimum atomic E-state index is 0. The van der Waals surface area contributed by atoms with Gasteiger partial charge in [-0.05, 0) is 6.92 Å². The molecule has 0 heterocycles. The summed E-state index contributed by atoms with van der Waals surface area (Å²) in [6, 6.07) is 0. The van der Waals surface area contributed by atoms with E-state index in [1.807, 2.05) is 0 Å². The summed E-state index contributed by atoms with van der Waals surface area (Å²) in [6.45, 7) is 1.93. The van der Waals surface area contributed by atoms with Crippen molar-refractivity contribution in [2.24, 2.45) is 0 Å². The summed E-state index contributed by atoms with van der Waals surface area (Å²) in [5.74, 6) is 0. The van der Waals surface area contributed by atoms with E-state index in [0.29, 0.717) is 0 Å². The van der Waals surface area contributed by atoms with Crippen LogP contribution >= 0.6 is 12.4 Å². The normalized spacial score (nSPS) is 3.60. The van der Waals surface area contributed by atoms with Gasteiger partial charge in [-0.25, -0.2) is 0 Å². The van der Waals surface area contributed by atoms with Crippen LogP contribution in [0.25, 0.3) is 0 Å². The van der Waals surface area contributed by atoms with Crippen LogP contribution in [0.4, 0.5) is 0 Å². The van der Waals surface area contributed by atoms with E-state index in [4.69, 9.17) is 5.11 Å². The van der Waals surface area contributed by atoms with Crippen molar-refractivity contribution in [2.45, 2.75) is 6.92 Å². The zero-order valence-corrected chi connectivity index (χ0v) is 6.29. The van der Waals surface area contributed by atoms with Gasteiger partial charge in [-0.1, -0.05) is 0 Å². The molecule has 0 atom stereocenters. The van der Waals surface area contributed by atoms with E-state index in [2.05, 4.69) is 0 Å². The van der Waals surface area contributed by atoms with Crippen molar-refractivity contribution in [1.82, 2.24) is 0 Å². The fourth-order valence-corrected chi connectivity index (χ4v) is 0. The molecule has 0 radical (unpaired) electrons. The fourth-order valence-electron chi connectivity index (χ4n) is 0. The Morgan fingerprint density at radius 1 is 1.60 bits per heavy atom. The molecule has 0 unspecified atom stereocenters. The summed E-state index contributed by atoms with van der Waals surface area (Å²) in [6.07, 6.45) is 0. The van der Waals surface area contributed by atoms with Crippen LogP contribution in [0, 0.1) is 0 Å². The van der Waals surface area contributed by atoms with Gasteiger partial charge < -0.3 is 5.11 Å². The molecule has 0 spiro atoms. The van der Waals surface area contributed by atoms with Gasteiger partial charge in [-0.2, -0.15) is 0 Å². The number of halogens is 1. The molecule has 5 heavy (non-hydrogen) atoms. The quantitative estimate of drug-likeness (QED) is 0.450. The first-order valence-electron chi connectivity index (χ1n) is 1.02. The first kappa shape index (κ1) is 16.0. The van der Waals surface area contributed by atoms with Gasteiger partial charge in [0.25, 0.3) is 0 Å². The third kappa shape index (κ3) is 29.8. The molecule has 28 valence electrons. The molecule has 0 aliphatic heterocycles. The molecule has 1 N–H and O–H groups in total. The van der Waals surface area contributed by atoms with E-state index >= 15 is 0 Å². The van der Waals surface area contributed by atoms with Crippen molar-refractivity contribution in [3.8, 4) is 0 Å². The second kappa shape index (κ2) is 17.8. The monoisotopic (exact) mass is 122 g/mol. The molecule has 1 nitrogen and oxygen atoms in total. The molecule has 0 aromatic heterocycles. The molecule has 0 aliphatic carbocycles. The summed E-state index contributed by atoms with van der Waals surface area (Å²) in [7, 11) is 0. The minimum Gasteiger partial charge on any atom is -0.397 e. The summed E-state index contributed by atoms with van der Waals surface area (Å²) in [4.78, 5) is 0. The van der Waals surface area contributed by atoms with Crippen LogP contribution in [-0.4, -0.2) is 49.5 Å². The summed E-state index contributed by atoms with van der Waals surface area (Å²) in [5, 5.41) is 7.57. The first-order valence-corrected chi connectivity index (χ1v) is 1.02. The number of aliphatic hydroxyl groups is 1. The summed E-state index contributed by atoms with van der Waals surface area (Å²) < 4.78 is 0. The van der Waals surface area contributed by atoms with Crippen molar-refractivity contribution in [2.75, 3.05) is 6.61 Å². The summed E-state index contributed by atoms with van der Waals surface area (Å²) in [5.41, 5.74) is 0. The van der Waals surface area contributed by atoms with Crippen LogP contribution in [0.2, 0.25) is 0 Å². The molecule has 0 bridgehead atoms. The van der Waals surface area contributed by atoms with E-state index in [1.54, 1.807) is 6.92 Å². The predicted octanol–water partition coefficient (Wildman–Crippen LogP) is 0.0396. The maximum absolute atomic E-state index is 7.57. The molecule has 0 aromatic carbocycles. The summed E-state index contributed by atoms with van der Waals surface area (Å²) >= 11 is 0. The molecule has 0 fully saturated rings. The van der Waals surface area contributed by atoms with Gasteiger partial charge in [0.05, 0.1) is 0 Å². The number of hydrogen-bond donors (Lipinski definition) is 1. The van der Waals surface area contributed by atoms with Gasteiger partial charge in [0.15, 0.2) is 0 Å². The van der Waals surface area contributed by atoms with Gasteiger partial charge in [0.1, 0.15) is 0 Å². The van der Waals surface area contributed by atoms with Crippen LogP contribution in [-0.2, 0) is 0 Å². The third-order valence-corrected chi connectivity index (χ3v) is 0. The first-order chi connectivity index (χ1) is 1.41. The Kier molecular flexibility index (Phi) is 57.1. The standard InChI is InChI=1S/C2H6O.Ca.ClH/c1-2-3;;/h3H,2H2,1H3;;1H/q;+2;. The van der Waals surface area contributed by atoms with E-state index in [1.165, 1.54) is 0 Å². The van der Waals surface area contributed by atoms with Crippen LogP contribution in [0.3, 0.4) is 0 Å². The number of hydrogen-bond acceptors (Lipinski definition) is 1. The van der Waals surface area contributed by atoms with Gasteiger partial charge in [0, 0.05) is 6.61 Å². The molecule has 3 heteroatoms. The molecule has 0 amide bonds. The Bertz CT molecular complexity index is 9.61. The molecule has 0 saturated carbocycles. The van der Waals surface area contributed by atoms with E-state index in [0.717, 1.165) is 0 Å². The van der Waals surface area contributed by atoms with Crippen LogP contribution in [0.5, 0.6) is 0 Å². The molecular weight excluding hydrogens is 116 g/mol. The molecule has 0 saturated heterocycles. The largest absolute Gasteiger partial charge is 2.00 e.